The molecule has 0 radical (unpaired) electrons. The summed E-state index contributed by atoms with van der Waals surface area (Å²) in [5, 5.41) is 9.24. The summed E-state index contributed by atoms with van der Waals surface area (Å²) < 4.78 is 1.57. The van der Waals surface area contributed by atoms with E-state index in [-0.39, 0.29) is 29.2 Å². The minimum Gasteiger partial charge on any atom is -0.295 e. The van der Waals surface area contributed by atoms with Gasteiger partial charge in [0.2, 0.25) is 0 Å². The van der Waals surface area contributed by atoms with Crippen molar-refractivity contribution < 1.29 is 4.79 Å². The van der Waals surface area contributed by atoms with Crippen molar-refractivity contribution in [2.75, 3.05) is 5.01 Å². The lowest BCUT2D eigenvalue weighted by molar-refractivity contribution is -0.128. The molecule has 0 bridgehead atoms. The first-order valence-corrected chi connectivity index (χ1v) is 9.87. The van der Waals surface area contributed by atoms with Crippen LogP contribution in [0.3, 0.4) is 0 Å². The number of H-pyrrole nitrogens is 1. The second-order valence-corrected chi connectivity index (χ2v) is 7.83. The molecular weight excluding hydrogens is 364 g/mol. The van der Waals surface area contributed by atoms with Crippen LogP contribution in [0.15, 0.2) is 70.6 Å². The Morgan fingerprint density at radius 2 is 1.52 bits per heavy atom. The number of aromatic amines is 1. The van der Waals surface area contributed by atoms with E-state index in [1.165, 1.54) is 5.01 Å². The first-order valence-electron chi connectivity index (χ1n) is 9.87. The van der Waals surface area contributed by atoms with Crippen LogP contribution in [0.4, 0.5) is 5.69 Å². The van der Waals surface area contributed by atoms with E-state index < -0.39 is 0 Å². The van der Waals surface area contributed by atoms with Gasteiger partial charge in [0.15, 0.2) is 0 Å². The number of amides is 1. The fourth-order valence-electron chi connectivity index (χ4n) is 4.66. The average Bonchev–Trinajstić information content (AvgIpc) is 3.00. The molecule has 3 unspecified atom stereocenters. The van der Waals surface area contributed by atoms with Crippen LogP contribution in [0.25, 0.3) is 5.69 Å². The highest BCUT2D eigenvalue weighted by molar-refractivity contribution is 6.05. The number of carbonyl (C=O) groups is 1. The van der Waals surface area contributed by atoms with Crippen molar-refractivity contribution in [3.05, 3.63) is 82.3 Å². The van der Waals surface area contributed by atoms with Gasteiger partial charge < -0.3 is 0 Å². The van der Waals surface area contributed by atoms with Crippen LogP contribution in [0, 0.1) is 18.8 Å². The predicted molar refractivity (Wildman–Crippen MR) is 113 cm³/mol. The molecule has 6 nitrogen and oxygen atoms in total. The van der Waals surface area contributed by atoms with Crippen molar-refractivity contribution in [3.8, 4) is 5.69 Å². The summed E-state index contributed by atoms with van der Waals surface area (Å²) >= 11 is 0. The van der Waals surface area contributed by atoms with Gasteiger partial charge in [-0.1, -0.05) is 36.4 Å². The lowest BCUT2D eigenvalue weighted by Crippen LogP contribution is -2.54. The van der Waals surface area contributed by atoms with E-state index in [0.29, 0.717) is 5.56 Å². The molecule has 3 aromatic rings. The summed E-state index contributed by atoms with van der Waals surface area (Å²) in [5.74, 6) is -0.280. The van der Waals surface area contributed by atoms with E-state index in [4.69, 9.17) is 0 Å². The van der Waals surface area contributed by atoms with E-state index in [2.05, 4.69) is 10.2 Å². The fraction of sp³-hybridized carbons (Fsp3) is 0.261. The maximum Gasteiger partial charge on any atom is 0.274 e. The summed E-state index contributed by atoms with van der Waals surface area (Å²) in [7, 11) is 0. The van der Waals surface area contributed by atoms with E-state index in [0.717, 1.165) is 29.2 Å². The Morgan fingerprint density at radius 3 is 2.17 bits per heavy atom. The van der Waals surface area contributed by atoms with Gasteiger partial charge in [-0.05, 0) is 44.5 Å². The largest absolute Gasteiger partial charge is 0.295 e. The van der Waals surface area contributed by atoms with Gasteiger partial charge in [-0.25, -0.2) is 9.69 Å². The molecule has 1 aliphatic carbocycles. The number of hydrazone groups is 1. The molecule has 6 heteroatoms. The normalized spacial score (nSPS) is 23.4. The Bertz CT molecular complexity index is 1160. The fourth-order valence-corrected chi connectivity index (χ4v) is 4.66. The lowest BCUT2D eigenvalue weighted by atomic mass is 9.59. The van der Waals surface area contributed by atoms with E-state index in [9.17, 15) is 9.59 Å². The van der Waals surface area contributed by atoms with E-state index in [1.807, 2.05) is 74.5 Å². The quantitative estimate of drug-likeness (QED) is 0.747. The Hall–Kier alpha value is -3.41. The maximum atomic E-state index is 13.3. The third-order valence-corrected chi connectivity index (χ3v) is 6.17. The zero-order valence-corrected chi connectivity index (χ0v) is 16.4. The van der Waals surface area contributed by atoms with Crippen LogP contribution in [0.2, 0.25) is 0 Å². The van der Waals surface area contributed by atoms with Crippen LogP contribution in [0.1, 0.15) is 30.5 Å². The molecule has 5 rings (SSSR count). The number of carbonyl (C=O) groups excluding carboxylic acids is 1. The Balaban J connectivity index is 1.53. The molecule has 2 aromatic carbocycles. The molecule has 3 atom stereocenters. The predicted octanol–water partition coefficient (Wildman–Crippen LogP) is 3.62. The number of hydrogen-bond acceptors (Lipinski definition) is 3. The second kappa shape index (κ2) is 6.58. The van der Waals surface area contributed by atoms with E-state index in [1.54, 1.807) is 4.68 Å². The zero-order chi connectivity index (χ0) is 20.1. The molecule has 29 heavy (non-hydrogen) atoms. The third kappa shape index (κ3) is 2.67. The number of aromatic nitrogens is 2. The van der Waals surface area contributed by atoms with Crippen molar-refractivity contribution in [1.82, 2.24) is 9.78 Å². The second-order valence-electron chi connectivity index (χ2n) is 7.83. The van der Waals surface area contributed by atoms with Gasteiger partial charge in [-0.2, -0.15) is 5.10 Å². The van der Waals surface area contributed by atoms with Crippen LogP contribution in [-0.4, -0.2) is 21.4 Å². The standard InChI is InChI=1S/C23H22N4O2/c1-14-18-13-19(21(18)23(29)27(24-14)17-11-7-4-8-12-17)20-15(2)25-26(22(20)28)16-9-5-3-6-10-16/h3-12,18-19,21,25H,13H2,1-2H3. The lowest BCUT2D eigenvalue weighted by Gasteiger charge is -2.47. The number of aryl methyl sites for hydroxylation is 1. The zero-order valence-electron chi connectivity index (χ0n) is 16.4. The van der Waals surface area contributed by atoms with Gasteiger partial charge in [-0.15, -0.1) is 0 Å². The summed E-state index contributed by atoms with van der Waals surface area (Å²) in [6.45, 7) is 3.88. The summed E-state index contributed by atoms with van der Waals surface area (Å²) in [6, 6.07) is 19.0. The van der Waals surface area contributed by atoms with Gasteiger partial charge in [-0.3, -0.25) is 14.7 Å². The average molecular weight is 386 g/mol. The van der Waals surface area contributed by atoms with E-state index >= 15 is 0 Å². The first-order chi connectivity index (χ1) is 14.1. The molecule has 1 aliphatic heterocycles. The highest BCUT2D eigenvalue weighted by Gasteiger charge is 2.53. The minimum absolute atomic E-state index is 0.0330. The van der Waals surface area contributed by atoms with Gasteiger partial charge >= 0.3 is 0 Å². The Kier molecular flexibility index (Phi) is 4.01. The summed E-state index contributed by atoms with van der Waals surface area (Å²) in [5.41, 5.74) is 3.96. The van der Waals surface area contributed by atoms with Crippen LogP contribution < -0.4 is 10.6 Å². The van der Waals surface area contributed by atoms with Gasteiger partial charge in [0.25, 0.3) is 11.5 Å². The molecule has 1 aromatic heterocycles. The molecule has 2 heterocycles. The van der Waals surface area contributed by atoms with Crippen molar-refractivity contribution in [1.29, 1.82) is 0 Å². The molecule has 1 amide bonds. The van der Waals surface area contributed by atoms with Crippen molar-refractivity contribution in [3.63, 3.8) is 0 Å². The number of nitrogens with one attached hydrogen (secondary N) is 1. The third-order valence-electron chi connectivity index (χ3n) is 6.17. The molecule has 1 fully saturated rings. The summed E-state index contributed by atoms with van der Waals surface area (Å²) in [4.78, 5) is 26.5. The molecular formula is C23H22N4O2. The highest BCUT2D eigenvalue weighted by atomic mass is 16.2. The van der Waals surface area contributed by atoms with Crippen molar-refractivity contribution >= 4 is 17.3 Å². The van der Waals surface area contributed by atoms with Crippen molar-refractivity contribution in [2.45, 2.75) is 26.2 Å². The molecule has 2 aliphatic rings. The monoisotopic (exact) mass is 386 g/mol. The minimum atomic E-state index is -0.251. The van der Waals surface area contributed by atoms with Gasteiger partial charge in [0.1, 0.15) is 0 Å². The molecule has 0 spiro atoms. The first kappa shape index (κ1) is 17.7. The molecule has 0 saturated heterocycles. The topological polar surface area (TPSA) is 70.5 Å². The maximum absolute atomic E-state index is 13.3. The number of benzene rings is 2. The van der Waals surface area contributed by atoms with Gasteiger partial charge in [0.05, 0.1) is 17.3 Å². The molecule has 146 valence electrons. The number of nitrogens with zero attached hydrogens (tertiary/aromatic N) is 3. The highest BCUT2D eigenvalue weighted by Crippen LogP contribution is 2.51. The summed E-state index contributed by atoms with van der Waals surface area (Å²) in [6.07, 6.45) is 0.775. The van der Waals surface area contributed by atoms with Crippen LogP contribution >= 0.6 is 0 Å². The molecule has 1 saturated carbocycles. The number of anilines is 1. The number of hydrogen-bond donors (Lipinski definition) is 1. The number of para-hydroxylation sites is 2. The Morgan fingerprint density at radius 1 is 0.897 bits per heavy atom. The molecule has 1 N–H and O–H groups in total. The van der Waals surface area contributed by atoms with Crippen molar-refractivity contribution in [2.24, 2.45) is 16.9 Å². The van der Waals surface area contributed by atoms with Gasteiger partial charge in [0, 0.05) is 28.8 Å². The van der Waals surface area contributed by atoms with Crippen LogP contribution in [-0.2, 0) is 4.79 Å². The Labute approximate surface area is 168 Å². The smallest absolute Gasteiger partial charge is 0.274 e. The number of rotatable bonds is 3. The van der Waals surface area contributed by atoms with Crippen LogP contribution in [0.5, 0.6) is 0 Å². The SMILES string of the molecule is CC1=NN(c2ccccc2)C(=O)C2C1CC2c1c(C)[nH]n(-c2ccccc2)c1=O. The number of fused-ring (bicyclic) bond motifs is 1.